The van der Waals surface area contributed by atoms with Crippen LogP contribution in [-0.2, 0) is 16.2 Å². The van der Waals surface area contributed by atoms with Crippen molar-refractivity contribution in [3.63, 3.8) is 0 Å². The summed E-state index contributed by atoms with van der Waals surface area (Å²) in [5.41, 5.74) is 41.8. The van der Waals surface area contributed by atoms with E-state index in [1.807, 2.05) is 0 Å². The van der Waals surface area contributed by atoms with Crippen LogP contribution in [0.25, 0.3) is 134 Å². The van der Waals surface area contributed by atoms with E-state index in [4.69, 9.17) is 18.9 Å². The lowest BCUT2D eigenvalue weighted by atomic mass is 9.28. The number of anilines is 6. The van der Waals surface area contributed by atoms with E-state index in [2.05, 4.69) is 533 Å². The van der Waals surface area contributed by atoms with Crippen LogP contribution >= 0.6 is 0 Å². The molecule has 0 bridgehead atoms. The van der Waals surface area contributed by atoms with Gasteiger partial charge in [-0.15, -0.1) is 0 Å². The van der Waals surface area contributed by atoms with Crippen molar-refractivity contribution in [2.24, 2.45) is 0 Å². The molecule has 9 heteroatoms. The minimum atomic E-state index is -0.838. The van der Waals surface area contributed by atoms with Crippen molar-refractivity contribution in [1.29, 1.82) is 0 Å². The average molecular weight is 1890 g/mol. The van der Waals surface area contributed by atoms with Crippen molar-refractivity contribution < 1.29 is 18.9 Å². The molecule has 0 saturated carbocycles. The Morgan fingerprint density at radius 3 is 0.673 bits per heavy atom. The Hall–Kier alpha value is -17.4. The highest BCUT2D eigenvalue weighted by Gasteiger charge is 2.58. The molecule has 6 nitrogen and oxygen atoms in total. The number of ether oxygens (including phenoxy) is 4. The molecule has 147 heavy (non-hydrogen) atoms. The molecule has 0 aliphatic carbocycles. The molecule has 0 atom stereocenters. The molecular formula is C138H103B3N2O4. The van der Waals surface area contributed by atoms with Gasteiger partial charge in [0.25, 0.3) is 20.1 Å². The highest BCUT2D eigenvalue weighted by molar-refractivity contribution is 7.05. The molecule has 6 aliphatic rings. The first-order valence-electron chi connectivity index (χ1n) is 51.5. The number of rotatable bonds is 14. The van der Waals surface area contributed by atoms with Crippen LogP contribution in [-0.4, -0.2) is 20.1 Å². The van der Waals surface area contributed by atoms with E-state index in [1.165, 1.54) is 11.1 Å². The van der Waals surface area contributed by atoms with Crippen molar-refractivity contribution in [2.75, 3.05) is 9.80 Å². The molecule has 698 valence electrons. The summed E-state index contributed by atoms with van der Waals surface area (Å²) in [6, 6.07) is 172. The molecule has 0 N–H and O–H groups in total. The van der Waals surface area contributed by atoms with E-state index in [1.54, 1.807) is 0 Å². The summed E-state index contributed by atoms with van der Waals surface area (Å²) in [7, 11) is 0. The molecule has 21 aromatic carbocycles. The monoisotopic (exact) mass is 1880 g/mol. The minimum absolute atomic E-state index is 0.356. The van der Waals surface area contributed by atoms with Gasteiger partial charge < -0.3 is 28.7 Å². The topological polar surface area (TPSA) is 43.4 Å². The standard InChI is InChI=1S/C138H103B3N2O4/c1-136(2,3)100-76-107(92-58-34-16-35-59-92)128(108(77-100)93-60-36-17-37-61-93)142-115-80-102(138(7,8)9)81-116-123(115)141(124-130(142)121(96-66-42-20-43-67-96)132-126-134(124)144-117-72-70-98(86-46-22-10-23-47-86)74-111(117)139(126)113-82-103(88-50-26-12-27-51-88)105(84-119(113)146-132)90-54-30-14-31-55-90)125-131(143(116)129-109(94-62-38-18-39-63-94)78-101(137(4,5)6)79-110(129)95-64-40-19-41-65-95)122(97-68-44-21-45-69-97)133-127-135(125)145-118-73-71-99(87-48-24-11-25-49-87)75-112(118)140(127)114-83-104(89-52-28-13-29-53-89)106(85-120(114)147-133)91-56-32-15-33-57-91/h10-85H,1-9H3. The molecule has 0 spiro atoms. The fraction of sp³-hybridized carbons (Fsp3) is 0.0870. The van der Waals surface area contributed by atoms with Crippen LogP contribution in [0.15, 0.2) is 461 Å². The van der Waals surface area contributed by atoms with Gasteiger partial charge in [0.15, 0.2) is 0 Å². The number of hydrogen-bond acceptors (Lipinski definition) is 6. The predicted octanol–water partition coefficient (Wildman–Crippen LogP) is 31.1. The van der Waals surface area contributed by atoms with Crippen molar-refractivity contribution in [1.82, 2.24) is 0 Å². The normalized spacial score (nSPS) is 13.1. The maximum atomic E-state index is 8.83. The molecule has 0 aromatic heterocycles. The van der Waals surface area contributed by atoms with Crippen molar-refractivity contribution in [3.8, 4) is 180 Å². The summed E-state index contributed by atoms with van der Waals surface area (Å²) >= 11 is 0. The smallest absolute Gasteiger partial charge is 0.261 e. The SMILES string of the molecule is CC(C)(C)c1cc(-c2ccccc2)c(N2c3cc(C(C)(C)C)cc4c3B(c3c5c6c(c(-c7ccccc7)c32)Oc2cc(-c3ccccc3)c(-c3ccccc3)cc2B6c2cc(-c3ccccc3)ccc2O5)c2c3c5c(c(-c6ccccc6)c2N4c2c(-c4ccccc4)cc(C(C)(C)C)cc2-c2ccccc2)Oc2cc(-c4ccccc4)c(-c4ccccc4)cc2B5c2cc(-c4ccccc4)ccc2O3)c(-c2ccccc2)c1. The van der Waals surface area contributed by atoms with Crippen molar-refractivity contribution in [2.45, 2.75) is 78.6 Å². The summed E-state index contributed by atoms with van der Waals surface area (Å²) in [4.78, 5) is 5.50. The zero-order valence-corrected chi connectivity index (χ0v) is 83.6. The van der Waals surface area contributed by atoms with Gasteiger partial charge in [-0.3, -0.25) is 0 Å². The van der Waals surface area contributed by atoms with Gasteiger partial charge in [-0.1, -0.05) is 463 Å². The third-order valence-electron chi connectivity index (χ3n) is 31.1. The van der Waals surface area contributed by atoms with E-state index < -0.39 is 25.6 Å². The van der Waals surface area contributed by atoms with Crippen LogP contribution in [0.1, 0.15) is 79.0 Å². The van der Waals surface area contributed by atoms with Gasteiger partial charge in [0.1, 0.15) is 46.0 Å². The molecule has 0 radical (unpaired) electrons. The Labute approximate surface area is 861 Å². The van der Waals surface area contributed by atoms with E-state index >= 15 is 0 Å². The van der Waals surface area contributed by atoms with E-state index in [-0.39, 0.29) is 10.8 Å². The summed E-state index contributed by atoms with van der Waals surface area (Å²) < 4.78 is 35.0. The fourth-order valence-corrected chi connectivity index (χ4v) is 24.0. The molecule has 0 amide bonds. The fourth-order valence-electron chi connectivity index (χ4n) is 24.0. The van der Waals surface area contributed by atoms with Crippen LogP contribution in [0.4, 0.5) is 34.1 Å². The summed E-state index contributed by atoms with van der Waals surface area (Å²) in [6.07, 6.45) is 0. The number of benzene rings is 21. The summed E-state index contributed by atoms with van der Waals surface area (Å²) in [5.74, 6) is 5.77. The van der Waals surface area contributed by atoms with E-state index in [9.17, 15) is 0 Å². The molecule has 21 aromatic rings. The van der Waals surface area contributed by atoms with Gasteiger partial charge in [0.2, 0.25) is 0 Å². The second kappa shape index (κ2) is 34.7. The van der Waals surface area contributed by atoms with Gasteiger partial charge in [-0.2, -0.15) is 0 Å². The van der Waals surface area contributed by atoms with Crippen molar-refractivity contribution in [3.05, 3.63) is 478 Å². The zero-order valence-electron chi connectivity index (χ0n) is 83.6. The third-order valence-corrected chi connectivity index (χ3v) is 31.1. The van der Waals surface area contributed by atoms with Crippen LogP contribution in [0.3, 0.4) is 0 Å². The first kappa shape index (κ1) is 88.5. The van der Waals surface area contributed by atoms with Gasteiger partial charge in [0.05, 0.1) is 22.7 Å². The lowest BCUT2D eigenvalue weighted by molar-refractivity contribution is 0.468. The number of nitrogens with zero attached hydrogens (tertiary/aromatic N) is 2. The lowest BCUT2D eigenvalue weighted by Crippen LogP contribution is -2.67. The molecule has 6 heterocycles. The highest BCUT2D eigenvalue weighted by Crippen LogP contribution is 2.63. The minimum Gasteiger partial charge on any atom is -0.459 e. The number of fused-ring (bicyclic) bond motifs is 14. The molecule has 0 unspecified atom stereocenters. The van der Waals surface area contributed by atoms with Crippen LogP contribution in [0, 0.1) is 0 Å². The van der Waals surface area contributed by atoms with Crippen LogP contribution in [0.5, 0.6) is 46.0 Å². The Balaban J connectivity index is 0.903. The Bertz CT molecular complexity index is 8220. The second-order valence-electron chi connectivity index (χ2n) is 43.1. The van der Waals surface area contributed by atoms with Crippen LogP contribution < -0.4 is 77.9 Å². The summed E-state index contributed by atoms with van der Waals surface area (Å²) in [6.45, 7) is 19.4. The molecule has 27 rings (SSSR count). The molecule has 0 saturated heterocycles. The second-order valence-corrected chi connectivity index (χ2v) is 43.1. The van der Waals surface area contributed by atoms with Gasteiger partial charge in [-0.25, -0.2) is 0 Å². The van der Waals surface area contributed by atoms with E-state index in [0.717, 1.165) is 245 Å². The first-order chi connectivity index (χ1) is 71.9. The molecular weight excluding hydrogens is 1780 g/mol. The van der Waals surface area contributed by atoms with Gasteiger partial charge in [-0.05, 0) is 232 Å². The van der Waals surface area contributed by atoms with Gasteiger partial charge >= 0.3 is 0 Å². The zero-order chi connectivity index (χ0) is 98.8. The molecule has 6 aliphatic heterocycles. The maximum absolute atomic E-state index is 8.83. The number of hydrogen-bond donors (Lipinski definition) is 0. The Morgan fingerprint density at radius 1 is 0.170 bits per heavy atom. The quantitative estimate of drug-likeness (QED) is 0.101. The Kier molecular flexibility index (Phi) is 20.9. The first-order valence-corrected chi connectivity index (χ1v) is 51.5. The third kappa shape index (κ3) is 14.7. The maximum Gasteiger partial charge on any atom is 0.261 e. The van der Waals surface area contributed by atoms with Crippen molar-refractivity contribution >= 4 is 103 Å². The molecule has 0 fully saturated rings. The van der Waals surface area contributed by atoms with E-state index in [0.29, 0.717) is 23.0 Å². The Morgan fingerprint density at radius 2 is 0.401 bits per heavy atom. The highest BCUT2D eigenvalue weighted by atomic mass is 16.5. The summed E-state index contributed by atoms with van der Waals surface area (Å²) in [5, 5.41) is 0. The van der Waals surface area contributed by atoms with Gasteiger partial charge in [0, 0.05) is 55.7 Å². The lowest BCUT2D eigenvalue weighted by Gasteiger charge is -2.50. The average Bonchev–Trinajstić information content (AvgIpc) is 0.655. The van der Waals surface area contributed by atoms with Crippen LogP contribution in [0.2, 0.25) is 0 Å². The predicted molar refractivity (Wildman–Crippen MR) is 617 cm³/mol. The largest absolute Gasteiger partial charge is 0.459 e.